The number of amides is 2. The number of aliphatic hydroxyl groups excluding tert-OH is 3. The van der Waals surface area contributed by atoms with E-state index in [4.69, 9.17) is 24.7 Å². The van der Waals surface area contributed by atoms with Crippen LogP contribution < -0.4 is 22.3 Å². The quantitative estimate of drug-likeness (QED) is 0.127. The molecule has 7 N–H and O–H groups in total. The molecule has 0 bridgehead atoms. The molecule has 0 aliphatic carbocycles. The van der Waals surface area contributed by atoms with Gasteiger partial charge >= 0.3 is 11.4 Å². The lowest BCUT2D eigenvalue weighted by atomic mass is 10.0. The Hall–Kier alpha value is -4.53. The average Bonchev–Trinajstić information content (AvgIpc) is 3.25. The number of anilines is 1. The fourth-order valence-corrected chi connectivity index (χ4v) is 4.31. The van der Waals surface area contributed by atoms with Gasteiger partial charge in [-0.1, -0.05) is 0 Å². The Labute approximate surface area is 232 Å². The SMILES string of the molecule is CO[C@H]1[C@@H](O)[C@H](n2ccc(=O)[nH]c2=O)O[C@@H]1[C@@H](O[C@H]1OC(C(=O)Nc2ccc(F)c([N+](=O)[O-])c2)=C[C@H](O)[C@@H]1O)C(N)=O. The molecule has 4 rings (SSSR count). The standard InChI is InChI=1S/C23H24FN5O13/c1-39-16-15(33)21(28-5-4-13(31)27-23(28)36)41-17(16)18(19(25)34)42-22-14(32)11(30)7-12(40-22)20(35)26-8-2-3-9(24)10(6-8)29(37)38/h2-7,11,14-18,21-22,30,32-33H,1H3,(H2,25,34)(H,26,35)(H,27,31,36)/t11-,14-,15+,16-,17-,18+,21+,22+/m0/s1. The van der Waals surface area contributed by atoms with Crippen molar-refractivity contribution in [3.63, 3.8) is 0 Å². The van der Waals surface area contributed by atoms with Gasteiger partial charge in [0.25, 0.3) is 11.5 Å². The predicted molar refractivity (Wildman–Crippen MR) is 133 cm³/mol. The summed E-state index contributed by atoms with van der Waals surface area (Å²) < 4.78 is 36.2. The van der Waals surface area contributed by atoms with E-state index in [1.807, 2.05) is 4.98 Å². The van der Waals surface area contributed by atoms with Crippen LogP contribution >= 0.6 is 0 Å². The summed E-state index contributed by atoms with van der Waals surface area (Å²) in [5, 5.41) is 44.7. The van der Waals surface area contributed by atoms with Crippen LogP contribution in [0.4, 0.5) is 15.8 Å². The third kappa shape index (κ3) is 6.05. The summed E-state index contributed by atoms with van der Waals surface area (Å²) in [7, 11) is 1.14. The number of H-pyrrole nitrogens is 1. The minimum absolute atomic E-state index is 0.217. The molecule has 0 unspecified atom stereocenters. The minimum atomic E-state index is -1.96. The zero-order chi connectivity index (χ0) is 30.9. The molecule has 2 aromatic rings. The first-order valence-corrected chi connectivity index (χ1v) is 11.9. The predicted octanol–water partition coefficient (Wildman–Crippen LogP) is -2.67. The first kappa shape index (κ1) is 30.4. The van der Waals surface area contributed by atoms with E-state index >= 15 is 0 Å². The number of nitro groups is 1. The molecule has 0 saturated carbocycles. The number of nitro benzene ring substituents is 1. The summed E-state index contributed by atoms with van der Waals surface area (Å²) in [6.45, 7) is 0. The van der Waals surface area contributed by atoms with Gasteiger partial charge < -0.3 is 45.3 Å². The van der Waals surface area contributed by atoms with E-state index in [0.717, 1.165) is 48.2 Å². The lowest BCUT2D eigenvalue weighted by Crippen LogP contribution is -2.53. The van der Waals surface area contributed by atoms with Gasteiger partial charge in [0.2, 0.25) is 18.0 Å². The number of hydrogen-bond acceptors (Lipinski definition) is 13. The molecule has 2 amide bonds. The molecule has 0 radical (unpaired) electrons. The number of primary amides is 1. The number of methoxy groups -OCH3 is 1. The van der Waals surface area contributed by atoms with Gasteiger partial charge in [0, 0.05) is 31.1 Å². The highest BCUT2D eigenvalue weighted by Crippen LogP contribution is 2.34. The molecule has 1 aromatic carbocycles. The van der Waals surface area contributed by atoms with Crippen LogP contribution in [-0.2, 0) is 28.5 Å². The Morgan fingerprint density at radius 1 is 1.24 bits per heavy atom. The van der Waals surface area contributed by atoms with Gasteiger partial charge in [-0.3, -0.25) is 34.0 Å². The number of nitrogens with two attached hydrogens (primary N) is 1. The highest BCUT2D eigenvalue weighted by atomic mass is 19.1. The van der Waals surface area contributed by atoms with E-state index in [9.17, 15) is 49.0 Å². The smallest absolute Gasteiger partial charge is 0.330 e. The topological polar surface area (TPSA) is 268 Å². The van der Waals surface area contributed by atoms with Crippen LogP contribution in [0, 0.1) is 15.9 Å². The van der Waals surface area contributed by atoms with Crippen molar-refractivity contribution in [3.8, 4) is 0 Å². The molecule has 1 aromatic heterocycles. The molecule has 3 heterocycles. The first-order chi connectivity index (χ1) is 19.8. The van der Waals surface area contributed by atoms with Crippen molar-refractivity contribution < 1.29 is 53.2 Å². The highest BCUT2D eigenvalue weighted by molar-refractivity contribution is 6.02. The van der Waals surface area contributed by atoms with E-state index in [0.29, 0.717) is 0 Å². The van der Waals surface area contributed by atoms with Crippen molar-refractivity contribution in [3.05, 3.63) is 79.1 Å². The number of carbonyl (C=O) groups is 2. The normalized spacial score (nSPS) is 27.9. The molecule has 0 spiro atoms. The maximum absolute atomic E-state index is 13.6. The number of benzene rings is 1. The Kier molecular flexibility index (Phi) is 8.80. The van der Waals surface area contributed by atoms with Crippen LogP contribution in [0.15, 0.2) is 51.9 Å². The molecule has 1 fully saturated rings. The molecule has 2 aliphatic rings. The highest BCUT2D eigenvalue weighted by Gasteiger charge is 2.52. The first-order valence-electron chi connectivity index (χ1n) is 11.9. The average molecular weight is 597 g/mol. The van der Waals surface area contributed by atoms with Crippen LogP contribution in [-0.4, -0.2) is 91.6 Å². The minimum Gasteiger partial charge on any atom is -0.456 e. The van der Waals surface area contributed by atoms with E-state index in [1.54, 1.807) is 0 Å². The molecule has 19 heteroatoms. The van der Waals surface area contributed by atoms with Crippen molar-refractivity contribution in [2.24, 2.45) is 5.73 Å². The lowest BCUT2D eigenvalue weighted by Gasteiger charge is -2.35. The number of aliphatic hydroxyl groups is 3. The lowest BCUT2D eigenvalue weighted by molar-refractivity contribution is -0.387. The van der Waals surface area contributed by atoms with E-state index in [2.05, 4.69) is 5.32 Å². The molecular weight excluding hydrogens is 573 g/mol. The number of nitrogens with one attached hydrogen (secondary N) is 2. The summed E-state index contributed by atoms with van der Waals surface area (Å²) in [5.74, 6) is -4.16. The summed E-state index contributed by atoms with van der Waals surface area (Å²) in [4.78, 5) is 60.8. The summed E-state index contributed by atoms with van der Waals surface area (Å²) >= 11 is 0. The number of ether oxygens (including phenoxy) is 4. The number of nitrogens with zero attached hydrogens (tertiary/aromatic N) is 2. The van der Waals surface area contributed by atoms with E-state index in [-0.39, 0.29) is 5.69 Å². The van der Waals surface area contributed by atoms with E-state index < -0.39 is 94.4 Å². The maximum Gasteiger partial charge on any atom is 0.330 e. The molecule has 226 valence electrons. The number of halogens is 1. The number of carbonyl (C=O) groups excluding carboxylic acids is 2. The van der Waals surface area contributed by atoms with Crippen molar-refractivity contribution >= 4 is 23.2 Å². The van der Waals surface area contributed by atoms with Crippen molar-refractivity contribution in [1.82, 2.24) is 9.55 Å². The van der Waals surface area contributed by atoms with Gasteiger partial charge in [0.15, 0.2) is 18.1 Å². The zero-order valence-electron chi connectivity index (χ0n) is 21.4. The van der Waals surface area contributed by atoms with Gasteiger partial charge in [0.1, 0.15) is 30.5 Å². The summed E-state index contributed by atoms with van der Waals surface area (Å²) in [6, 6.07) is 3.47. The van der Waals surface area contributed by atoms with Gasteiger partial charge in [-0.05, 0) is 18.2 Å². The number of aromatic nitrogens is 2. The molecule has 2 aliphatic heterocycles. The zero-order valence-corrected chi connectivity index (χ0v) is 21.4. The Balaban J connectivity index is 1.55. The fraction of sp³-hybridized carbons (Fsp3) is 0.391. The second-order valence-electron chi connectivity index (χ2n) is 9.03. The molecule has 18 nitrogen and oxygen atoms in total. The summed E-state index contributed by atoms with van der Waals surface area (Å²) in [5.41, 5.74) is 2.65. The largest absolute Gasteiger partial charge is 0.456 e. The Morgan fingerprint density at radius 2 is 1.95 bits per heavy atom. The Morgan fingerprint density at radius 3 is 2.57 bits per heavy atom. The summed E-state index contributed by atoms with van der Waals surface area (Å²) in [6.07, 6.45) is -11.8. The van der Waals surface area contributed by atoms with Crippen molar-refractivity contribution in [2.45, 2.75) is 49.1 Å². The molecule has 1 saturated heterocycles. The molecule has 42 heavy (non-hydrogen) atoms. The van der Waals surface area contributed by atoms with Crippen molar-refractivity contribution in [2.75, 3.05) is 12.4 Å². The van der Waals surface area contributed by atoms with Gasteiger partial charge in [-0.25, -0.2) is 4.79 Å². The van der Waals surface area contributed by atoms with Crippen LogP contribution in [0.1, 0.15) is 6.23 Å². The number of hydrogen-bond donors (Lipinski definition) is 6. The molecular formula is C23H24FN5O13. The fourth-order valence-electron chi connectivity index (χ4n) is 4.31. The third-order valence-corrected chi connectivity index (χ3v) is 6.32. The van der Waals surface area contributed by atoms with Gasteiger partial charge in [-0.15, -0.1) is 0 Å². The van der Waals surface area contributed by atoms with Crippen LogP contribution in [0.25, 0.3) is 0 Å². The number of rotatable bonds is 9. The van der Waals surface area contributed by atoms with Gasteiger partial charge in [0.05, 0.1) is 4.92 Å². The second kappa shape index (κ2) is 12.1. The van der Waals surface area contributed by atoms with Crippen LogP contribution in [0.2, 0.25) is 0 Å². The Bertz CT molecular complexity index is 1530. The number of aromatic amines is 1. The maximum atomic E-state index is 13.6. The molecule has 8 atom stereocenters. The van der Waals surface area contributed by atoms with Crippen LogP contribution in [0.5, 0.6) is 0 Å². The van der Waals surface area contributed by atoms with Gasteiger partial charge in [-0.2, -0.15) is 4.39 Å². The van der Waals surface area contributed by atoms with Crippen molar-refractivity contribution in [1.29, 1.82) is 0 Å². The third-order valence-electron chi connectivity index (χ3n) is 6.32. The second-order valence-corrected chi connectivity index (χ2v) is 9.03. The monoisotopic (exact) mass is 597 g/mol. The van der Waals surface area contributed by atoms with E-state index in [1.165, 1.54) is 0 Å². The van der Waals surface area contributed by atoms with Crippen LogP contribution in [0.3, 0.4) is 0 Å².